The minimum absolute atomic E-state index is 0.218. The number of anilines is 3. The summed E-state index contributed by atoms with van der Waals surface area (Å²) in [5, 5.41) is 6.97. The first-order valence-electron chi connectivity index (χ1n) is 10.4. The molecule has 0 radical (unpaired) electrons. The van der Waals surface area contributed by atoms with Crippen LogP contribution >= 0.6 is 11.6 Å². The molecule has 0 spiro atoms. The predicted molar refractivity (Wildman–Crippen MR) is 115 cm³/mol. The van der Waals surface area contributed by atoms with Crippen LogP contribution in [0.3, 0.4) is 0 Å². The lowest BCUT2D eigenvalue weighted by atomic mass is 10.2. The van der Waals surface area contributed by atoms with Crippen LogP contribution in [0.4, 0.5) is 17.5 Å². The van der Waals surface area contributed by atoms with Crippen molar-refractivity contribution in [3.63, 3.8) is 0 Å². The van der Waals surface area contributed by atoms with Gasteiger partial charge in [0.1, 0.15) is 17.4 Å². The van der Waals surface area contributed by atoms with Crippen LogP contribution in [0.5, 0.6) is 5.75 Å². The van der Waals surface area contributed by atoms with E-state index in [1.165, 1.54) is 25.9 Å². The minimum atomic E-state index is 0.218. The van der Waals surface area contributed by atoms with Crippen LogP contribution in [0.2, 0.25) is 5.02 Å². The van der Waals surface area contributed by atoms with Gasteiger partial charge in [0.15, 0.2) is 5.82 Å². The molecule has 2 aromatic rings. The van der Waals surface area contributed by atoms with Gasteiger partial charge in [-0.1, -0.05) is 11.6 Å². The number of hydrogen-bond donors (Lipinski definition) is 2. The van der Waals surface area contributed by atoms with Gasteiger partial charge in [-0.25, -0.2) is 4.98 Å². The molecule has 156 valence electrons. The van der Waals surface area contributed by atoms with E-state index in [1.807, 2.05) is 24.3 Å². The van der Waals surface area contributed by atoms with E-state index in [9.17, 15) is 0 Å². The standard InChI is InChI=1S/C21H28ClN5O2/c22-19-15-24-21(26-20(19)23-14-18-4-3-12-28-18)25-16-5-7-17(8-6-16)29-13-11-27-9-1-2-10-27/h5-8,15,18H,1-4,9-14H2,(H2,23,24,25,26)/t18-/m0/s1. The number of rotatable bonds is 9. The largest absolute Gasteiger partial charge is 0.492 e. The van der Waals surface area contributed by atoms with E-state index in [4.69, 9.17) is 21.1 Å². The van der Waals surface area contributed by atoms with Gasteiger partial charge in [-0.15, -0.1) is 0 Å². The number of nitrogens with one attached hydrogen (secondary N) is 2. The predicted octanol–water partition coefficient (Wildman–Crippen LogP) is 3.94. The van der Waals surface area contributed by atoms with Crippen LogP contribution < -0.4 is 15.4 Å². The van der Waals surface area contributed by atoms with Crippen molar-refractivity contribution in [1.29, 1.82) is 0 Å². The molecule has 1 aromatic carbocycles. The maximum Gasteiger partial charge on any atom is 0.229 e. The summed E-state index contributed by atoms with van der Waals surface area (Å²) in [6.45, 7) is 5.61. The minimum Gasteiger partial charge on any atom is -0.492 e. The van der Waals surface area contributed by atoms with Gasteiger partial charge >= 0.3 is 0 Å². The molecule has 0 aliphatic carbocycles. The van der Waals surface area contributed by atoms with Gasteiger partial charge in [-0.2, -0.15) is 4.98 Å². The van der Waals surface area contributed by atoms with E-state index in [2.05, 4.69) is 25.5 Å². The van der Waals surface area contributed by atoms with Crippen LogP contribution in [0.25, 0.3) is 0 Å². The summed E-state index contributed by atoms with van der Waals surface area (Å²) in [6.07, 6.45) is 6.60. The molecule has 2 fully saturated rings. The van der Waals surface area contributed by atoms with Crippen LogP contribution in [-0.4, -0.2) is 60.4 Å². The van der Waals surface area contributed by atoms with Gasteiger partial charge in [0.25, 0.3) is 0 Å². The summed E-state index contributed by atoms with van der Waals surface area (Å²) in [7, 11) is 0. The molecular formula is C21H28ClN5O2. The third-order valence-corrected chi connectivity index (χ3v) is 5.53. The summed E-state index contributed by atoms with van der Waals surface area (Å²) < 4.78 is 11.5. The van der Waals surface area contributed by atoms with E-state index >= 15 is 0 Å². The Morgan fingerprint density at radius 3 is 2.76 bits per heavy atom. The first-order chi connectivity index (χ1) is 14.3. The summed E-state index contributed by atoms with van der Waals surface area (Å²) >= 11 is 6.22. The first-order valence-corrected chi connectivity index (χ1v) is 10.7. The van der Waals surface area contributed by atoms with Gasteiger partial charge in [0, 0.05) is 25.4 Å². The molecule has 0 unspecified atom stereocenters. The zero-order valence-electron chi connectivity index (χ0n) is 16.6. The Balaban J connectivity index is 1.28. The van der Waals surface area contributed by atoms with Crippen LogP contribution in [0, 0.1) is 0 Å². The van der Waals surface area contributed by atoms with Crippen molar-refractivity contribution >= 4 is 29.1 Å². The highest BCUT2D eigenvalue weighted by atomic mass is 35.5. The highest BCUT2D eigenvalue weighted by molar-refractivity contribution is 6.32. The SMILES string of the molecule is Clc1cnc(Nc2ccc(OCCN3CCCC3)cc2)nc1NC[C@@H]1CCCO1. The molecule has 3 heterocycles. The monoisotopic (exact) mass is 417 g/mol. The molecule has 0 bridgehead atoms. The maximum absolute atomic E-state index is 6.22. The average Bonchev–Trinajstić information content (AvgIpc) is 3.44. The number of likely N-dealkylation sites (tertiary alicyclic amines) is 1. The third-order valence-electron chi connectivity index (χ3n) is 5.25. The Kier molecular flexibility index (Phi) is 7.03. The lowest BCUT2D eigenvalue weighted by molar-refractivity contribution is 0.120. The van der Waals surface area contributed by atoms with Gasteiger partial charge < -0.3 is 20.1 Å². The quantitative estimate of drug-likeness (QED) is 0.640. The fourth-order valence-corrected chi connectivity index (χ4v) is 3.79. The van der Waals surface area contributed by atoms with E-state index < -0.39 is 0 Å². The van der Waals surface area contributed by atoms with Crippen molar-refractivity contribution in [3.8, 4) is 5.75 Å². The van der Waals surface area contributed by atoms with E-state index in [-0.39, 0.29) is 6.10 Å². The van der Waals surface area contributed by atoms with E-state index in [0.29, 0.717) is 29.9 Å². The highest BCUT2D eigenvalue weighted by Crippen LogP contribution is 2.23. The van der Waals surface area contributed by atoms with Crippen molar-refractivity contribution < 1.29 is 9.47 Å². The summed E-state index contributed by atoms with van der Waals surface area (Å²) in [4.78, 5) is 11.2. The van der Waals surface area contributed by atoms with Crippen molar-refractivity contribution in [1.82, 2.24) is 14.9 Å². The van der Waals surface area contributed by atoms with Crippen molar-refractivity contribution in [3.05, 3.63) is 35.5 Å². The number of nitrogens with zero attached hydrogens (tertiary/aromatic N) is 3. The van der Waals surface area contributed by atoms with Crippen molar-refractivity contribution in [2.24, 2.45) is 0 Å². The highest BCUT2D eigenvalue weighted by Gasteiger charge is 2.16. The Bertz CT molecular complexity index is 777. The Morgan fingerprint density at radius 2 is 2.00 bits per heavy atom. The lowest BCUT2D eigenvalue weighted by Crippen LogP contribution is -2.25. The Hall–Kier alpha value is -2.09. The number of benzene rings is 1. The zero-order chi connectivity index (χ0) is 19.9. The number of halogens is 1. The molecule has 0 amide bonds. The smallest absolute Gasteiger partial charge is 0.229 e. The molecule has 2 aliphatic heterocycles. The van der Waals surface area contributed by atoms with Gasteiger partial charge in [0.2, 0.25) is 5.95 Å². The van der Waals surface area contributed by atoms with Gasteiger partial charge in [0.05, 0.1) is 12.3 Å². The molecule has 29 heavy (non-hydrogen) atoms. The molecular weight excluding hydrogens is 390 g/mol. The first kappa shape index (κ1) is 20.2. The fraction of sp³-hybridized carbons (Fsp3) is 0.524. The van der Waals surface area contributed by atoms with Crippen molar-refractivity contribution in [2.75, 3.05) is 50.0 Å². The Morgan fingerprint density at radius 1 is 1.17 bits per heavy atom. The fourth-order valence-electron chi connectivity index (χ4n) is 3.63. The Labute approximate surface area is 176 Å². The third kappa shape index (κ3) is 5.95. The maximum atomic E-state index is 6.22. The topological polar surface area (TPSA) is 71.5 Å². The van der Waals surface area contributed by atoms with E-state index in [0.717, 1.165) is 37.4 Å². The second-order valence-corrected chi connectivity index (χ2v) is 7.86. The number of ether oxygens (including phenoxy) is 2. The normalized spacial score (nSPS) is 19.4. The molecule has 1 aromatic heterocycles. The average molecular weight is 418 g/mol. The molecule has 2 N–H and O–H groups in total. The van der Waals surface area contributed by atoms with Crippen LogP contribution in [-0.2, 0) is 4.74 Å². The van der Waals surface area contributed by atoms with Crippen molar-refractivity contribution in [2.45, 2.75) is 31.8 Å². The molecule has 0 saturated carbocycles. The summed E-state index contributed by atoms with van der Waals surface area (Å²) in [5.41, 5.74) is 0.893. The molecule has 2 aliphatic rings. The molecule has 2 saturated heterocycles. The van der Waals surface area contributed by atoms with Gasteiger partial charge in [-0.05, 0) is 63.0 Å². The summed E-state index contributed by atoms with van der Waals surface area (Å²) in [6, 6.07) is 7.84. The molecule has 8 heteroatoms. The molecule has 1 atom stereocenters. The van der Waals surface area contributed by atoms with E-state index in [1.54, 1.807) is 6.20 Å². The molecule has 4 rings (SSSR count). The van der Waals surface area contributed by atoms with Gasteiger partial charge in [-0.3, -0.25) is 4.90 Å². The zero-order valence-corrected chi connectivity index (χ0v) is 17.3. The van der Waals surface area contributed by atoms with Crippen LogP contribution in [0.1, 0.15) is 25.7 Å². The second kappa shape index (κ2) is 10.1. The van der Waals surface area contributed by atoms with Crippen LogP contribution in [0.15, 0.2) is 30.5 Å². The summed E-state index contributed by atoms with van der Waals surface area (Å²) in [5.74, 6) is 1.97. The molecule has 7 nitrogen and oxygen atoms in total. The lowest BCUT2D eigenvalue weighted by Gasteiger charge is -2.15. The second-order valence-electron chi connectivity index (χ2n) is 7.45. The number of aromatic nitrogens is 2. The number of hydrogen-bond acceptors (Lipinski definition) is 7.